The molecule has 106 valence electrons. The van der Waals surface area contributed by atoms with Gasteiger partial charge in [-0.1, -0.05) is 24.3 Å². The van der Waals surface area contributed by atoms with Crippen molar-refractivity contribution < 1.29 is 0 Å². The molecule has 1 heterocycles. The molecule has 2 nitrogen and oxygen atoms in total. The lowest BCUT2D eigenvalue weighted by Crippen LogP contribution is -2.27. The lowest BCUT2D eigenvalue weighted by Gasteiger charge is -2.29. The third-order valence-electron chi connectivity index (χ3n) is 4.15. The van der Waals surface area contributed by atoms with Gasteiger partial charge in [0.1, 0.15) is 0 Å². The van der Waals surface area contributed by atoms with Crippen molar-refractivity contribution in [3.63, 3.8) is 0 Å². The maximum atomic E-state index is 4.55. The van der Waals surface area contributed by atoms with E-state index in [0.29, 0.717) is 12.1 Å². The quantitative estimate of drug-likeness (QED) is 0.899. The first-order valence-corrected chi connectivity index (χ1v) is 8.24. The van der Waals surface area contributed by atoms with Gasteiger partial charge < -0.3 is 5.32 Å². The molecule has 0 fully saturated rings. The Morgan fingerprint density at radius 1 is 1.30 bits per heavy atom. The van der Waals surface area contributed by atoms with Crippen LogP contribution < -0.4 is 5.32 Å². The van der Waals surface area contributed by atoms with E-state index in [-0.39, 0.29) is 0 Å². The van der Waals surface area contributed by atoms with Crippen LogP contribution in [0.25, 0.3) is 0 Å². The molecule has 1 N–H and O–H groups in total. The predicted molar refractivity (Wildman–Crippen MR) is 85.3 cm³/mol. The van der Waals surface area contributed by atoms with Gasteiger partial charge in [0.25, 0.3) is 0 Å². The van der Waals surface area contributed by atoms with E-state index in [2.05, 4.69) is 55.3 Å². The molecular weight excluding hydrogens is 264 g/mol. The van der Waals surface area contributed by atoms with Gasteiger partial charge in [0.2, 0.25) is 0 Å². The lowest BCUT2D eigenvalue weighted by molar-refractivity contribution is 0.417. The molecule has 3 rings (SSSR count). The molecule has 3 heteroatoms. The zero-order valence-electron chi connectivity index (χ0n) is 12.4. The number of rotatable bonds is 3. The standard InChI is InChI=1S/C17H22N2S/c1-11-17(20-13(3)18-11)12(2)19-16-10-6-8-14-7-4-5-9-15(14)16/h4-5,7,9,12,16,19H,6,8,10H2,1-3H3. The number of hydrogen-bond donors (Lipinski definition) is 1. The van der Waals surface area contributed by atoms with E-state index < -0.39 is 0 Å². The van der Waals surface area contributed by atoms with Gasteiger partial charge >= 0.3 is 0 Å². The Hall–Kier alpha value is -1.19. The van der Waals surface area contributed by atoms with Crippen molar-refractivity contribution in [1.29, 1.82) is 0 Å². The van der Waals surface area contributed by atoms with Crippen molar-refractivity contribution in [1.82, 2.24) is 10.3 Å². The average molecular weight is 286 g/mol. The molecule has 1 aromatic heterocycles. The van der Waals surface area contributed by atoms with Crippen LogP contribution in [0.3, 0.4) is 0 Å². The van der Waals surface area contributed by atoms with Crippen LogP contribution in [0.4, 0.5) is 0 Å². The summed E-state index contributed by atoms with van der Waals surface area (Å²) in [6.07, 6.45) is 3.74. The second-order valence-corrected chi connectivity index (χ2v) is 6.95. The van der Waals surface area contributed by atoms with Crippen molar-refractivity contribution in [2.45, 2.75) is 52.1 Å². The molecule has 1 aromatic carbocycles. The Kier molecular flexibility index (Phi) is 3.90. The van der Waals surface area contributed by atoms with E-state index in [0.717, 1.165) is 5.01 Å². The first-order chi connectivity index (χ1) is 9.65. The number of nitrogens with one attached hydrogen (secondary N) is 1. The van der Waals surface area contributed by atoms with E-state index in [4.69, 9.17) is 0 Å². The van der Waals surface area contributed by atoms with Crippen molar-refractivity contribution >= 4 is 11.3 Å². The second kappa shape index (κ2) is 5.66. The summed E-state index contributed by atoms with van der Waals surface area (Å²) < 4.78 is 0. The first-order valence-electron chi connectivity index (χ1n) is 7.43. The molecule has 2 aromatic rings. The predicted octanol–water partition coefficient (Wildman–Crippen LogP) is 4.49. The summed E-state index contributed by atoms with van der Waals surface area (Å²) in [5.41, 5.74) is 4.18. The fourth-order valence-electron chi connectivity index (χ4n) is 3.25. The molecule has 0 saturated heterocycles. The number of nitrogens with zero attached hydrogens (tertiary/aromatic N) is 1. The molecule has 20 heavy (non-hydrogen) atoms. The summed E-state index contributed by atoms with van der Waals surface area (Å²) in [4.78, 5) is 5.93. The Morgan fingerprint density at radius 2 is 2.10 bits per heavy atom. The SMILES string of the molecule is Cc1nc(C)c(C(C)NC2CCCc3ccccc32)s1. The molecule has 1 aliphatic rings. The van der Waals surface area contributed by atoms with Gasteiger partial charge in [-0.15, -0.1) is 11.3 Å². The maximum absolute atomic E-state index is 4.55. The minimum absolute atomic E-state index is 0.373. The van der Waals surface area contributed by atoms with Crippen LogP contribution in [0.15, 0.2) is 24.3 Å². The first kappa shape index (κ1) is 13.8. The van der Waals surface area contributed by atoms with Gasteiger partial charge in [0.05, 0.1) is 10.7 Å². The molecular formula is C17H22N2S. The van der Waals surface area contributed by atoms with Crippen LogP contribution in [0.1, 0.15) is 58.6 Å². The van der Waals surface area contributed by atoms with Crippen LogP contribution in [-0.2, 0) is 6.42 Å². The Balaban J connectivity index is 1.80. The highest BCUT2D eigenvalue weighted by Gasteiger charge is 2.23. The van der Waals surface area contributed by atoms with Crippen molar-refractivity contribution in [3.8, 4) is 0 Å². The Bertz CT molecular complexity index is 603. The van der Waals surface area contributed by atoms with Gasteiger partial charge in [0.15, 0.2) is 0 Å². The fourth-order valence-corrected chi connectivity index (χ4v) is 4.19. The molecule has 1 aliphatic carbocycles. The zero-order chi connectivity index (χ0) is 14.1. The summed E-state index contributed by atoms with van der Waals surface area (Å²) in [5.74, 6) is 0. The zero-order valence-corrected chi connectivity index (χ0v) is 13.3. The largest absolute Gasteiger partial charge is 0.303 e. The highest BCUT2D eigenvalue weighted by Crippen LogP contribution is 2.33. The molecule has 0 radical (unpaired) electrons. The van der Waals surface area contributed by atoms with E-state index in [1.165, 1.54) is 41.0 Å². The highest BCUT2D eigenvalue weighted by molar-refractivity contribution is 7.11. The highest BCUT2D eigenvalue weighted by atomic mass is 32.1. The molecule has 0 bridgehead atoms. The van der Waals surface area contributed by atoms with Crippen LogP contribution in [0.2, 0.25) is 0 Å². The number of benzene rings is 1. The van der Waals surface area contributed by atoms with Gasteiger partial charge in [-0.25, -0.2) is 4.98 Å². The smallest absolute Gasteiger partial charge is 0.0900 e. The van der Waals surface area contributed by atoms with Crippen molar-refractivity contribution in [3.05, 3.63) is 51.0 Å². The number of fused-ring (bicyclic) bond motifs is 1. The number of hydrogen-bond acceptors (Lipinski definition) is 3. The Morgan fingerprint density at radius 3 is 2.85 bits per heavy atom. The third kappa shape index (κ3) is 2.65. The third-order valence-corrected chi connectivity index (χ3v) is 5.41. The summed E-state index contributed by atoms with van der Waals surface area (Å²) in [6.45, 7) is 6.47. The summed E-state index contributed by atoms with van der Waals surface area (Å²) in [6, 6.07) is 9.72. The molecule has 2 atom stereocenters. The van der Waals surface area contributed by atoms with Crippen molar-refractivity contribution in [2.75, 3.05) is 0 Å². The molecule has 0 spiro atoms. The summed E-state index contributed by atoms with van der Waals surface area (Å²) >= 11 is 1.82. The topological polar surface area (TPSA) is 24.9 Å². The van der Waals surface area contributed by atoms with E-state index >= 15 is 0 Å². The van der Waals surface area contributed by atoms with Crippen molar-refractivity contribution in [2.24, 2.45) is 0 Å². The molecule has 0 amide bonds. The average Bonchev–Trinajstić information content (AvgIpc) is 2.78. The van der Waals surface area contributed by atoms with Gasteiger partial charge in [0, 0.05) is 17.0 Å². The fraction of sp³-hybridized carbons (Fsp3) is 0.471. The van der Waals surface area contributed by atoms with Gasteiger partial charge in [-0.2, -0.15) is 0 Å². The maximum Gasteiger partial charge on any atom is 0.0900 e. The molecule has 2 unspecified atom stereocenters. The van der Waals surface area contributed by atoms with E-state index in [1.807, 2.05) is 11.3 Å². The second-order valence-electron chi connectivity index (χ2n) is 5.71. The minimum atomic E-state index is 0.373. The summed E-state index contributed by atoms with van der Waals surface area (Å²) in [7, 11) is 0. The number of aryl methyl sites for hydroxylation is 3. The van der Waals surface area contributed by atoms with Gasteiger partial charge in [-0.05, 0) is 51.2 Å². The van der Waals surface area contributed by atoms with Crippen LogP contribution >= 0.6 is 11.3 Å². The van der Waals surface area contributed by atoms with Gasteiger partial charge in [-0.3, -0.25) is 0 Å². The minimum Gasteiger partial charge on any atom is -0.303 e. The number of aromatic nitrogens is 1. The van der Waals surface area contributed by atoms with Crippen LogP contribution in [-0.4, -0.2) is 4.98 Å². The summed E-state index contributed by atoms with van der Waals surface area (Å²) in [5, 5.41) is 4.98. The lowest BCUT2D eigenvalue weighted by atomic mass is 9.87. The normalized spacial score (nSPS) is 19.6. The van der Waals surface area contributed by atoms with E-state index in [1.54, 1.807) is 0 Å². The molecule has 0 saturated carbocycles. The van der Waals surface area contributed by atoms with Crippen LogP contribution in [0.5, 0.6) is 0 Å². The van der Waals surface area contributed by atoms with Crippen LogP contribution in [0, 0.1) is 13.8 Å². The Labute approximate surface area is 125 Å². The monoisotopic (exact) mass is 286 g/mol. The van der Waals surface area contributed by atoms with E-state index in [9.17, 15) is 0 Å². The molecule has 0 aliphatic heterocycles. The number of thiazole rings is 1.